The van der Waals surface area contributed by atoms with Crippen LogP contribution in [0.4, 0.5) is 5.69 Å². The molecule has 0 fully saturated rings. The number of hydrogen-bond donors (Lipinski definition) is 0. The number of sulfonamides is 1. The predicted octanol–water partition coefficient (Wildman–Crippen LogP) is 3.26. The molecule has 0 aliphatic rings. The predicted molar refractivity (Wildman–Crippen MR) is 80.6 cm³/mol. The summed E-state index contributed by atoms with van der Waals surface area (Å²) in [5.41, 5.74) is 1.57. The Labute approximate surface area is 124 Å². The summed E-state index contributed by atoms with van der Waals surface area (Å²) in [5, 5.41) is 0.267. The molecule has 6 heteroatoms. The van der Waals surface area contributed by atoms with Crippen LogP contribution in [0.1, 0.15) is 12.5 Å². The molecule has 0 radical (unpaired) electrons. The third kappa shape index (κ3) is 2.78. The van der Waals surface area contributed by atoms with Crippen LogP contribution >= 0.6 is 11.6 Å². The van der Waals surface area contributed by atoms with Gasteiger partial charge >= 0.3 is 0 Å². The van der Waals surface area contributed by atoms with Gasteiger partial charge in [0.2, 0.25) is 0 Å². The van der Waals surface area contributed by atoms with E-state index in [0.717, 1.165) is 5.56 Å². The van der Waals surface area contributed by atoms with E-state index in [0.29, 0.717) is 12.2 Å². The molecule has 0 saturated heterocycles. The molecule has 0 aliphatic carbocycles. The van der Waals surface area contributed by atoms with E-state index in [1.807, 2.05) is 25.1 Å². The highest BCUT2D eigenvalue weighted by Crippen LogP contribution is 2.26. The fourth-order valence-corrected chi connectivity index (χ4v) is 3.55. The number of rotatable bonds is 4. The Balaban J connectivity index is 2.51. The highest BCUT2D eigenvalue weighted by molar-refractivity contribution is 7.92. The Kier molecular flexibility index (Phi) is 4.30. The zero-order valence-corrected chi connectivity index (χ0v) is 12.8. The van der Waals surface area contributed by atoms with E-state index in [2.05, 4.69) is 4.98 Å². The van der Waals surface area contributed by atoms with Crippen LogP contribution < -0.4 is 4.31 Å². The summed E-state index contributed by atoms with van der Waals surface area (Å²) in [6.07, 6.45) is 1.28. The van der Waals surface area contributed by atoms with E-state index >= 15 is 0 Å². The lowest BCUT2D eigenvalue weighted by Gasteiger charge is -2.24. The molecule has 0 amide bonds. The molecule has 1 aromatic heterocycles. The first kappa shape index (κ1) is 14.8. The van der Waals surface area contributed by atoms with E-state index in [9.17, 15) is 8.42 Å². The minimum absolute atomic E-state index is 0.131. The van der Waals surface area contributed by atoms with E-state index < -0.39 is 10.0 Å². The molecule has 0 unspecified atom stereocenters. The molecule has 1 aromatic carbocycles. The molecule has 4 nitrogen and oxygen atoms in total. The smallest absolute Gasteiger partial charge is 0.265 e. The van der Waals surface area contributed by atoms with E-state index in [1.165, 1.54) is 22.6 Å². The molecular formula is C14H15ClN2O2S. The molecule has 0 spiro atoms. The molecular weight excluding hydrogens is 296 g/mol. The summed E-state index contributed by atoms with van der Waals surface area (Å²) < 4.78 is 26.7. The van der Waals surface area contributed by atoms with Gasteiger partial charge in [0.1, 0.15) is 10.0 Å². The first-order valence-corrected chi connectivity index (χ1v) is 7.98. The van der Waals surface area contributed by atoms with Crippen LogP contribution in [-0.4, -0.2) is 19.9 Å². The van der Waals surface area contributed by atoms with Gasteiger partial charge in [-0.3, -0.25) is 4.31 Å². The maximum atomic E-state index is 12.7. The molecule has 0 saturated carbocycles. The van der Waals surface area contributed by atoms with Gasteiger partial charge in [0.05, 0.1) is 5.69 Å². The van der Waals surface area contributed by atoms with Crippen molar-refractivity contribution in [3.8, 4) is 0 Å². The molecule has 0 atom stereocenters. The summed E-state index contributed by atoms with van der Waals surface area (Å²) in [6.45, 7) is 4.02. The number of hydrogen-bond acceptors (Lipinski definition) is 3. The van der Waals surface area contributed by atoms with Gasteiger partial charge in [-0.25, -0.2) is 13.4 Å². The average molecular weight is 311 g/mol. The number of aryl methyl sites for hydroxylation is 1. The Morgan fingerprint density at radius 1 is 1.20 bits per heavy atom. The fraction of sp³-hybridized carbons (Fsp3) is 0.214. The molecule has 0 aliphatic heterocycles. The molecule has 106 valence electrons. The molecule has 0 bridgehead atoms. The number of aromatic nitrogens is 1. The lowest BCUT2D eigenvalue weighted by Crippen LogP contribution is -2.31. The largest absolute Gasteiger partial charge is 0.266 e. The average Bonchev–Trinajstić information content (AvgIpc) is 2.42. The normalized spacial score (nSPS) is 11.3. The Morgan fingerprint density at radius 3 is 2.45 bits per heavy atom. The highest BCUT2D eigenvalue weighted by Gasteiger charge is 2.24. The number of pyridine rings is 1. The third-order valence-electron chi connectivity index (χ3n) is 2.96. The van der Waals surface area contributed by atoms with E-state index in [-0.39, 0.29) is 10.0 Å². The van der Waals surface area contributed by atoms with Gasteiger partial charge in [-0.05, 0) is 37.6 Å². The van der Waals surface area contributed by atoms with Crippen LogP contribution in [0.25, 0.3) is 0 Å². The standard InChI is InChI=1S/C14H15ClN2O2S/c1-3-17(13-7-5-4-6-11(13)2)20(18,19)12-8-9-14(15)16-10-12/h4-10H,3H2,1-2H3. The number of nitrogens with zero attached hydrogens (tertiary/aromatic N) is 2. The van der Waals surface area contributed by atoms with Crippen LogP contribution in [0.3, 0.4) is 0 Å². The Morgan fingerprint density at radius 2 is 1.90 bits per heavy atom. The van der Waals surface area contributed by atoms with Gasteiger partial charge in [0, 0.05) is 12.7 Å². The molecule has 20 heavy (non-hydrogen) atoms. The maximum Gasteiger partial charge on any atom is 0.265 e. The van der Waals surface area contributed by atoms with Crippen molar-refractivity contribution in [2.45, 2.75) is 18.7 Å². The van der Waals surface area contributed by atoms with Gasteiger partial charge in [0.25, 0.3) is 10.0 Å². The topological polar surface area (TPSA) is 50.3 Å². The molecule has 0 N–H and O–H groups in total. The van der Waals surface area contributed by atoms with Crippen molar-refractivity contribution >= 4 is 27.3 Å². The van der Waals surface area contributed by atoms with Crippen molar-refractivity contribution in [3.63, 3.8) is 0 Å². The number of benzene rings is 1. The second-order valence-corrected chi connectivity index (χ2v) is 6.52. The van der Waals surface area contributed by atoms with Crippen LogP contribution in [0.5, 0.6) is 0 Å². The summed E-state index contributed by atoms with van der Waals surface area (Å²) in [7, 11) is -3.63. The maximum absolute atomic E-state index is 12.7. The van der Waals surface area contributed by atoms with Crippen molar-refractivity contribution in [1.29, 1.82) is 0 Å². The zero-order chi connectivity index (χ0) is 14.8. The van der Waals surface area contributed by atoms with Gasteiger partial charge in [-0.1, -0.05) is 29.8 Å². The van der Waals surface area contributed by atoms with Crippen LogP contribution in [0, 0.1) is 6.92 Å². The Bertz CT molecular complexity index is 699. The van der Waals surface area contributed by atoms with Crippen LogP contribution in [0.2, 0.25) is 5.15 Å². The summed E-state index contributed by atoms with van der Waals surface area (Å²) in [6, 6.07) is 10.3. The summed E-state index contributed by atoms with van der Waals surface area (Å²) in [4.78, 5) is 3.97. The van der Waals surface area contributed by atoms with Gasteiger partial charge in [0.15, 0.2) is 0 Å². The lowest BCUT2D eigenvalue weighted by molar-refractivity contribution is 0.591. The second kappa shape index (κ2) is 5.81. The van der Waals surface area contributed by atoms with Crippen molar-refractivity contribution in [2.75, 3.05) is 10.8 Å². The minimum atomic E-state index is -3.63. The third-order valence-corrected chi connectivity index (χ3v) is 5.06. The summed E-state index contributed by atoms with van der Waals surface area (Å²) in [5.74, 6) is 0. The monoisotopic (exact) mass is 310 g/mol. The van der Waals surface area contributed by atoms with Crippen molar-refractivity contribution in [2.24, 2.45) is 0 Å². The second-order valence-electron chi connectivity index (χ2n) is 4.27. The highest BCUT2D eigenvalue weighted by atomic mass is 35.5. The first-order chi connectivity index (χ1) is 9.46. The van der Waals surface area contributed by atoms with E-state index in [1.54, 1.807) is 13.0 Å². The fourth-order valence-electron chi connectivity index (χ4n) is 1.96. The SMILES string of the molecule is CCN(c1ccccc1C)S(=O)(=O)c1ccc(Cl)nc1. The van der Waals surface area contributed by atoms with Crippen molar-refractivity contribution in [3.05, 3.63) is 53.3 Å². The minimum Gasteiger partial charge on any atom is -0.266 e. The number of halogens is 1. The van der Waals surface area contributed by atoms with Gasteiger partial charge in [-0.2, -0.15) is 0 Å². The van der Waals surface area contributed by atoms with Crippen molar-refractivity contribution in [1.82, 2.24) is 4.98 Å². The number of para-hydroxylation sites is 1. The van der Waals surface area contributed by atoms with Gasteiger partial charge in [-0.15, -0.1) is 0 Å². The summed E-state index contributed by atoms with van der Waals surface area (Å²) >= 11 is 5.70. The Hall–Kier alpha value is -1.59. The zero-order valence-electron chi connectivity index (χ0n) is 11.2. The van der Waals surface area contributed by atoms with Crippen LogP contribution in [-0.2, 0) is 10.0 Å². The first-order valence-electron chi connectivity index (χ1n) is 6.16. The molecule has 2 rings (SSSR count). The van der Waals surface area contributed by atoms with Crippen molar-refractivity contribution < 1.29 is 8.42 Å². The van der Waals surface area contributed by atoms with Crippen LogP contribution in [0.15, 0.2) is 47.5 Å². The lowest BCUT2D eigenvalue weighted by atomic mass is 10.2. The molecule has 2 aromatic rings. The van der Waals surface area contributed by atoms with Gasteiger partial charge < -0.3 is 0 Å². The van der Waals surface area contributed by atoms with E-state index in [4.69, 9.17) is 11.6 Å². The number of anilines is 1. The quantitative estimate of drug-likeness (QED) is 0.814. The molecule has 1 heterocycles.